The van der Waals surface area contributed by atoms with E-state index in [0.29, 0.717) is 5.92 Å². The van der Waals surface area contributed by atoms with E-state index in [-0.39, 0.29) is 43.3 Å². The quantitative estimate of drug-likeness (QED) is 0.312. The van der Waals surface area contributed by atoms with Crippen LogP contribution in [-0.4, -0.2) is 0 Å². The van der Waals surface area contributed by atoms with E-state index in [9.17, 15) is 0 Å². The highest BCUT2D eigenvalue weighted by atomic mass is 14.5. The lowest BCUT2D eigenvalue weighted by atomic mass is 9.57. The topological polar surface area (TPSA) is 0 Å². The van der Waals surface area contributed by atoms with Gasteiger partial charge in [0, 0.05) is 0 Å². The first kappa shape index (κ1) is 41.6. The van der Waals surface area contributed by atoms with E-state index in [4.69, 9.17) is 0 Å². The van der Waals surface area contributed by atoms with Gasteiger partial charge in [0.2, 0.25) is 0 Å². The Kier molecular flexibility index (Phi) is 10.9. The summed E-state index contributed by atoms with van der Waals surface area (Å²) < 4.78 is 0. The van der Waals surface area contributed by atoms with Gasteiger partial charge in [-0.1, -0.05) is 185 Å². The minimum atomic E-state index is -0.0183. The molecule has 47 heavy (non-hydrogen) atoms. The van der Waals surface area contributed by atoms with Gasteiger partial charge in [0.1, 0.15) is 0 Å². The van der Waals surface area contributed by atoms with Gasteiger partial charge in [-0.25, -0.2) is 0 Å². The largest absolute Gasteiger partial charge is 0.0581 e. The number of hydrogen-bond donors (Lipinski definition) is 0. The van der Waals surface area contributed by atoms with Crippen molar-refractivity contribution < 1.29 is 0 Å². The molecule has 0 spiro atoms. The first-order valence-electron chi connectivity index (χ1n) is 18.8. The maximum absolute atomic E-state index is 2.57. The van der Waals surface area contributed by atoms with Gasteiger partial charge < -0.3 is 0 Å². The minimum absolute atomic E-state index is 0.00456. The lowest BCUT2D eigenvalue weighted by Crippen LogP contribution is -2.38. The number of hydrogen-bond acceptors (Lipinski definition) is 0. The molecule has 0 fully saturated rings. The molecule has 1 atom stereocenters. The second-order valence-corrected chi connectivity index (χ2v) is 23.4. The van der Waals surface area contributed by atoms with Crippen LogP contribution in [0.2, 0.25) is 0 Å². The molecule has 0 aliphatic heterocycles. The van der Waals surface area contributed by atoms with E-state index in [1.807, 2.05) is 0 Å². The van der Waals surface area contributed by atoms with Gasteiger partial charge in [-0.2, -0.15) is 0 Å². The molecule has 1 unspecified atom stereocenters. The standard InChI is InChI=1S/C47H80/c1-29(28-30-31(40(2,3)4)26-27-32(41(5,6)7)34(30)42(8,9)10)33-35(43(11,12)13)37(45(17,18)19)39(47(23,24)25)38(46(20,21)22)36(33)44(14,15)16/h26-27,29H,28H2,1-25H3. The van der Waals surface area contributed by atoms with Crippen LogP contribution in [0.3, 0.4) is 0 Å². The fourth-order valence-electron chi connectivity index (χ4n) is 8.52. The van der Waals surface area contributed by atoms with Crippen molar-refractivity contribution in [3.8, 4) is 0 Å². The Morgan fingerprint density at radius 3 is 0.851 bits per heavy atom. The Balaban J connectivity index is 3.48. The summed E-state index contributed by atoms with van der Waals surface area (Å²) in [7, 11) is 0. The highest BCUT2D eigenvalue weighted by molar-refractivity contribution is 5.64. The fraction of sp³-hybridized carbons (Fsp3) is 0.745. The summed E-state index contributed by atoms with van der Waals surface area (Å²) in [5, 5.41) is 0. The lowest BCUT2D eigenvalue weighted by Gasteiger charge is -2.47. The molecular formula is C47H80. The predicted molar refractivity (Wildman–Crippen MR) is 215 cm³/mol. The van der Waals surface area contributed by atoms with Crippen molar-refractivity contribution in [1.82, 2.24) is 0 Å². The molecule has 268 valence electrons. The maximum Gasteiger partial charge on any atom is -0.0126 e. The Hall–Kier alpha value is -1.56. The molecule has 2 aromatic rings. The summed E-state index contributed by atoms with van der Waals surface area (Å²) in [6, 6.07) is 4.95. The second kappa shape index (κ2) is 12.3. The molecule has 0 saturated carbocycles. The van der Waals surface area contributed by atoms with Crippen LogP contribution in [0, 0.1) is 0 Å². The van der Waals surface area contributed by atoms with E-state index in [1.165, 1.54) is 11.1 Å². The second-order valence-electron chi connectivity index (χ2n) is 23.4. The molecule has 0 aliphatic carbocycles. The third kappa shape index (κ3) is 8.79. The zero-order chi connectivity index (χ0) is 37.5. The van der Waals surface area contributed by atoms with E-state index in [2.05, 4.69) is 185 Å². The van der Waals surface area contributed by atoms with Gasteiger partial charge in [-0.15, -0.1) is 0 Å². The first-order chi connectivity index (χ1) is 20.4. The van der Waals surface area contributed by atoms with Crippen LogP contribution in [0.4, 0.5) is 0 Å². The van der Waals surface area contributed by atoms with Gasteiger partial charge in [0.25, 0.3) is 0 Å². The molecule has 2 aromatic carbocycles. The molecule has 0 radical (unpaired) electrons. The van der Waals surface area contributed by atoms with E-state index >= 15 is 0 Å². The Morgan fingerprint density at radius 2 is 0.596 bits per heavy atom. The maximum atomic E-state index is 2.57. The van der Waals surface area contributed by atoms with Crippen molar-refractivity contribution in [2.24, 2.45) is 0 Å². The SMILES string of the molecule is CC(Cc1c(C(C)(C)C)ccc(C(C)(C)C)c1C(C)(C)C)c1c(C(C)(C)C)c(C(C)(C)C)c(C(C)(C)C)c(C(C)(C)C)c1C(C)(C)C. The zero-order valence-electron chi connectivity index (χ0n) is 36.4. The molecule has 0 heteroatoms. The van der Waals surface area contributed by atoms with E-state index in [1.54, 1.807) is 44.5 Å². The van der Waals surface area contributed by atoms with Crippen LogP contribution in [0.25, 0.3) is 0 Å². The van der Waals surface area contributed by atoms with Crippen LogP contribution >= 0.6 is 0 Å². The predicted octanol–water partition coefficient (Wildman–Crippen LogP) is 14.4. The van der Waals surface area contributed by atoms with Crippen LogP contribution in [0.1, 0.15) is 235 Å². The van der Waals surface area contributed by atoms with Gasteiger partial charge in [0.05, 0.1) is 0 Å². The summed E-state index contributed by atoms with van der Waals surface area (Å²) in [5.41, 5.74) is 15.9. The number of benzene rings is 2. The van der Waals surface area contributed by atoms with Gasteiger partial charge >= 0.3 is 0 Å². The molecule has 0 aromatic heterocycles. The van der Waals surface area contributed by atoms with E-state index < -0.39 is 0 Å². The minimum Gasteiger partial charge on any atom is -0.0581 e. The molecule has 0 amide bonds. The summed E-state index contributed by atoms with van der Waals surface area (Å²) in [4.78, 5) is 0. The number of rotatable bonds is 3. The normalized spacial score (nSPS) is 15.3. The van der Waals surface area contributed by atoms with Gasteiger partial charge in [0.15, 0.2) is 0 Å². The van der Waals surface area contributed by atoms with Crippen molar-refractivity contribution >= 4 is 0 Å². The van der Waals surface area contributed by atoms with Crippen molar-refractivity contribution in [3.63, 3.8) is 0 Å². The van der Waals surface area contributed by atoms with Crippen LogP contribution in [0.15, 0.2) is 12.1 Å². The van der Waals surface area contributed by atoms with Crippen molar-refractivity contribution in [2.75, 3.05) is 0 Å². The van der Waals surface area contributed by atoms with Gasteiger partial charge in [-0.05, 0) is 111 Å². The Morgan fingerprint density at radius 1 is 0.340 bits per heavy atom. The summed E-state index contributed by atoms with van der Waals surface area (Å²) >= 11 is 0. The fourth-order valence-corrected chi connectivity index (χ4v) is 8.52. The molecule has 0 saturated heterocycles. The first-order valence-corrected chi connectivity index (χ1v) is 18.8. The molecule has 0 aliphatic rings. The highest BCUT2D eigenvalue weighted by Gasteiger charge is 2.44. The highest BCUT2D eigenvalue weighted by Crippen LogP contribution is 2.54. The lowest BCUT2D eigenvalue weighted by molar-refractivity contribution is 0.448. The Labute approximate surface area is 295 Å². The molecule has 0 nitrogen and oxygen atoms in total. The van der Waals surface area contributed by atoms with Crippen LogP contribution < -0.4 is 0 Å². The molecule has 0 N–H and O–H groups in total. The van der Waals surface area contributed by atoms with Crippen LogP contribution in [-0.2, 0) is 49.7 Å². The van der Waals surface area contributed by atoms with Crippen molar-refractivity contribution in [3.05, 3.63) is 67.8 Å². The van der Waals surface area contributed by atoms with Crippen molar-refractivity contribution in [1.29, 1.82) is 0 Å². The third-order valence-corrected chi connectivity index (χ3v) is 9.97. The van der Waals surface area contributed by atoms with E-state index in [0.717, 1.165) is 6.42 Å². The molecule has 2 rings (SSSR count). The average molecular weight is 645 g/mol. The zero-order valence-corrected chi connectivity index (χ0v) is 36.4. The smallest absolute Gasteiger partial charge is 0.0126 e. The Bertz CT molecular complexity index is 1380. The third-order valence-electron chi connectivity index (χ3n) is 9.97. The molecule has 0 heterocycles. The monoisotopic (exact) mass is 645 g/mol. The average Bonchev–Trinajstić information content (AvgIpc) is 2.76. The summed E-state index contributed by atoms with van der Waals surface area (Å²) in [6.07, 6.45) is 1.04. The summed E-state index contributed by atoms with van der Waals surface area (Å²) in [5.74, 6) is 0.340. The molecular weight excluding hydrogens is 565 g/mol. The van der Waals surface area contributed by atoms with Crippen LogP contribution in [0.5, 0.6) is 0 Å². The van der Waals surface area contributed by atoms with Crippen molar-refractivity contribution in [2.45, 2.75) is 229 Å². The molecule has 0 bridgehead atoms. The van der Waals surface area contributed by atoms with Gasteiger partial charge in [-0.3, -0.25) is 0 Å². The summed E-state index contributed by atoms with van der Waals surface area (Å²) in [6.45, 7) is 61.3.